The van der Waals surface area contributed by atoms with E-state index in [-0.39, 0.29) is 0 Å². The van der Waals surface area contributed by atoms with Gasteiger partial charge in [0.2, 0.25) is 0 Å². The lowest BCUT2D eigenvalue weighted by Crippen LogP contribution is -2.32. The van der Waals surface area contributed by atoms with Gasteiger partial charge in [0.05, 0.1) is 12.2 Å². The number of likely N-dealkylation sites (N-methyl/N-ethyl adjacent to an activating group) is 2. The van der Waals surface area contributed by atoms with E-state index >= 15 is 0 Å². The van der Waals surface area contributed by atoms with Crippen molar-refractivity contribution in [2.45, 2.75) is 45.8 Å². The van der Waals surface area contributed by atoms with Crippen molar-refractivity contribution in [1.29, 1.82) is 0 Å². The number of benzene rings is 1. The summed E-state index contributed by atoms with van der Waals surface area (Å²) >= 11 is 0. The first kappa shape index (κ1) is 15.3. The summed E-state index contributed by atoms with van der Waals surface area (Å²) in [5.74, 6) is 0. The summed E-state index contributed by atoms with van der Waals surface area (Å²) in [6.45, 7) is 9.45. The van der Waals surface area contributed by atoms with Crippen molar-refractivity contribution >= 4 is 5.69 Å². The van der Waals surface area contributed by atoms with Crippen LogP contribution in [0, 0.1) is 13.8 Å². The summed E-state index contributed by atoms with van der Waals surface area (Å²) in [4.78, 5) is 2.33. The van der Waals surface area contributed by atoms with Crippen LogP contribution in [0.25, 0.3) is 0 Å². The second-order valence-corrected chi connectivity index (χ2v) is 5.94. The summed E-state index contributed by atoms with van der Waals surface area (Å²) < 4.78 is 6.12. The van der Waals surface area contributed by atoms with E-state index in [4.69, 9.17) is 4.74 Å². The second kappa shape index (κ2) is 7.09. The highest BCUT2D eigenvalue weighted by Crippen LogP contribution is 2.24. The van der Waals surface area contributed by atoms with Crippen molar-refractivity contribution in [3.63, 3.8) is 0 Å². The van der Waals surface area contributed by atoms with E-state index in [1.165, 1.54) is 29.7 Å². The minimum atomic E-state index is 0.365. The van der Waals surface area contributed by atoms with Gasteiger partial charge in [0.25, 0.3) is 0 Å². The Hall–Kier alpha value is -1.06. The molecule has 112 valence electrons. The molecule has 2 rings (SSSR count). The smallest absolute Gasteiger partial charge is 0.0755 e. The molecule has 3 heteroatoms. The van der Waals surface area contributed by atoms with Crippen LogP contribution in [-0.4, -0.2) is 38.9 Å². The van der Waals surface area contributed by atoms with Gasteiger partial charge in [-0.1, -0.05) is 24.6 Å². The molecule has 2 atom stereocenters. The van der Waals surface area contributed by atoms with E-state index in [0.29, 0.717) is 12.2 Å². The van der Waals surface area contributed by atoms with Crippen molar-refractivity contribution in [3.05, 3.63) is 29.3 Å². The van der Waals surface area contributed by atoms with Gasteiger partial charge in [-0.3, -0.25) is 0 Å². The molecule has 0 spiro atoms. The molecule has 1 aliphatic rings. The first-order valence-corrected chi connectivity index (χ1v) is 7.74. The Morgan fingerprint density at radius 2 is 2.00 bits per heavy atom. The SMILES string of the molecule is CCNCC1CCC(CN(C)c2ccc(C)cc2C)O1. The molecule has 0 amide bonds. The Morgan fingerprint density at radius 1 is 1.25 bits per heavy atom. The van der Waals surface area contributed by atoms with Gasteiger partial charge in [-0.15, -0.1) is 0 Å². The third-order valence-corrected chi connectivity index (χ3v) is 4.06. The molecule has 1 aliphatic heterocycles. The number of nitrogens with zero attached hydrogens (tertiary/aromatic N) is 1. The first-order valence-electron chi connectivity index (χ1n) is 7.74. The number of nitrogens with one attached hydrogen (secondary N) is 1. The van der Waals surface area contributed by atoms with Gasteiger partial charge < -0.3 is 15.0 Å². The van der Waals surface area contributed by atoms with Crippen LogP contribution >= 0.6 is 0 Å². The van der Waals surface area contributed by atoms with Gasteiger partial charge in [-0.05, 0) is 44.9 Å². The average Bonchev–Trinajstić information content (AvgIpc) is 2.83. The molecule has 1 aromatic carbocycles. The molecule has 1 fully saturated rings. The van der Waals surface area contributed by atoms with E-state index in [1.54, 1.807) is 0 Å². The minimum Gasteiger partial charge on any atom is -0.372 e. The maximum absolute atomic E-state index is 6.12. The summed E-state index contributed by atoms with van der Waals surface area (Å²) in [5.41, 5.74) is 3.98. The highest BCUT2D eigenvalue weighted by molar-refractivity contribution is 5.53. The lowest BCUT2D eigenvalue weighted by Gasteiger charge is -2.25. The summed E-state index contributed by atoms with van der Waals surface area (Å²) in [6, 6.07) is 6.65. The third kappa shape index (κ3) is 3.97. The van der Waals surface area contributed by atoms with Crippen molar-refractivity contribution in [3.8, 4) is 0 Å². The minimum absolute atomic E-state index is 0.365. The van der Waals surface area contributed by atoms with Gasteiger partial charge in [0, 0.05) is 25.8 Å². The molecule has 20 heavy (non-hydrogen) atoms. The topological polar surface area (TPSA) is 24.5 Å². The summed E-state index contributed by atoms with van der Waals surface area (Å²) in [7, 11) is 2.17. The third-order valence-electron chi connectivity index (χ3n) is 4.06. The highest BCUT2D eigenvalue weighted by atomic mass is 16.5. The van der Waals surface area contributed by atoms with Gasteiger partial charge in [0.1, 0.15) is 0 Å². The predicted octanol–water partition coefficient (Wildman–Crippen LogP) is 2.90. The molecule has 3 nitrogen and oxygen atoms in total. The molecule has 1 heterocycles. The van der Waals surface area contributed by atoms with Crippen LogP contribution in [0.4, 0.5) is 5.69 Å². The fraction of sp³-hybridized carbons (Fsp3) is 0.647. The first-order chi connectivity index (χ1) is 9.60. The molecule has 2 unspecified atom stereocenters. The van der Waals surface area contributed by atoms with Crippen LogP contribution in [0.5, 0.6) is 0 Å². The van der Waals surface area contributed by atoms with Gasteiger partial charge in [-0.25, -0.2) is 0 Å². The van der Waals surface area contributed by atoms with E-state index < -0.39 is 0 Å². The lowest BCUT2D eigenvalue weighted by atomic mass is 10.1. The maximum Gasteiger partial charge on any atom is 0.0755 e. The Bertz CT molecular complexity index is 433. The zero-order valence-electron chi connectivity index (χ0n) is 13.3. The summed E-state index contributed by atoms with van der Waals surface area (Å²) in [5, 5.41) is 3.37. The van der Waals surface area contributed by atoms with Crippen LogP contribution in [0.1, 0.15) is 30.9 Å². The van der Waals surface area contributed by atoms with E-state index in [0.717, 1.165) is 19.6 Å². The number of anilines is 1. The van der Waals surface area contributed by atoms with E-state index in [9.17, 15) is 0 Å². The zero-order chi connectivity index (χ0) is 14.5. The Kier molecular flexibility index (Phi) is 5.44. The van der Waals surface area contributed by atoms with Crippen LogP contribution in [0.3, 0.4) is 0 Å². The van der Waals surface area contributed by atoms with Gasteiger partial charge in [0.15, 0.2) is 0 Å². The molecule has 0 bridgehead atoms. The van der Waals surface area contributed by atoms with Crippen LogP contribution in [0.2, 0.25) is 0 Å². The van der Waals surface area contributed by atoms with E-state index in [2.05, 4.69) is 56.2 Å². The van der Waals surface area contributed by atoms with Crippen LogP contribution < -0.4 is 10.2 Å². The molecule has 0 radical (unpaired) electrons. The number of rotatable bonds is 6. The van der Waals surface area contributed by atoms with Crippen LogP contribution in [0.15, 0.2) is 18.2 Å². The number of hydrogen-bond acceptors (Lipinski definition) is 3. The van der Waals surface area contributed by atoms with Crippen molar-refractivity contribution in [2.75, 3.05) is 31.6 Å². The van der Waals surface area contributed by atoms with Crippen LogP contribution in [-0.2, 0) is 4.74 Å². The lowest BCUT2D eigenvalue weighted by molar-refractivity contribution is 0.0503. The maximum atomic E-state index is 6.12. The molecule has 0 saturated carbocycles. The molecular formula is C17H28N2O. The van der Waals surface area contributed by atoms with Crippen molar-refractivity contribution in [2.24, 2.45) is 0 Å². The number of ether oxygens (including phenoxy) is 1. The second-order valence-electron chi connectivity index (χ2n) is 5.94. The van der Waals surface area contributed by atoms with Gasteiger partial charge in [-0.2, -0.15) is 0 Å². The predicted molar refractivity (Wildman–Crippen MR) is 85.6 cm³/mol. The molecule has 0 aromatic heterocycles. The fourth-order valence-corrected chi connectivity index (χ4v) is 3.01. The van der Waals surface area contributed by atoms with Crippen molar-refractivity contribution < 1.29 is 4.74 Å². The monoisotopic (exact) mass is 276 g/mol. The Labute approximate surface area is 123 Å². The quantitative estimate of drug-likeness (QED) is 0.864. The average molecular weight is 276 g/mol. The zero-order valence-corrected chi connectivity index (χ0v) is 13.3. The fourth-order valence-electron chi connectivity index (χ4n) is 3.01. The Balaban J connectivity index is 1.87. The van der Waals surface area contributed by atoms with E-state index in [1.807, 2.05) is 0 Å². The summed E-state index contributed by atoms with van der Waals surface area (Å²) in [6.07, 6.45) is 3.11. The largest absolute Gasteiger partial charge is 0.372 e. The molecule has 1 N–H and O–H groups in total. The normalized spacial score (nSPS) is 22.2. The number of hydrogen-bond donors (Lipinski definition) is 1. The van der Waals surface area contributed by atoms with Crippen molar-refractivity contribution in [1.82, 2.24) is 5.32 Å². The standard InChI is InChI=1S/C17H28N2O/c1-5-18-11-15-7-8-16(20-15)12-19(4)17-9-6-13(2)10-14(17)3/h6,9-10,15-16,18H,5,7-8,11-12H2,1-4H3. The molecule has 0 aliphatic carbocycles. The van der Waals surface area contributed by atoms with Gasteiger partial charge >= 0.3 is 0 Å². The Morgan fingerprint density at radius 3 is 2.70 bits per heavy atom. The molecule has 1 aromatic rings. The molecule has 1 saturated heterocycles. The molecular weight excluding hydrogens is 248 g/mol. The number of aryl methyl sites for hydroxylation is 2. The highest BCUT2D eigenvalue weighted by Gasteiger charge is 2.26.